The predicted octanol–water partition coefficient (Wildman–Crippen LogP) is 2.81. The molecule has 3 aliphatic heterocycles. The van der Waals surface area contributed by atoms with Gasteiger partial charge < -0.3 is 20.3 Å². The zero-order valence-electron chi connectivity index (χ0n) is 20.2. The Hall–Kier alpha value is -2.76. The number of aromatic amines is 1. The Balaban J connectivity index is 1.28. The van der Waals surface area contributed by atoms with Gasteiger partial charge in [0.05, 0.1) is 33.5 Å². The fourth-order valence-electron chi connectivity index (χ4n) is 5.95. The third kappa shape index (κ3) is 3.68. The number of hydrogen-bond acceptors (Lipinski definition) is 9. The number of piperidine rings is 1. The second kappa shape index (κ2) is 8.14. The number of hydrogen-bond donors (Lipinski definition) is 3. The Labute approximate surface area is 205 Å². The van der Waals surface area contributed by atoms with E-state index in [2.05, 4.69) is 26.9 Å². The molecule has 5 heterocycles. The van der Waals surface area contributed by atoms with E-state index in [1.54, 1.807) is 6.07 Å². The molecule has 4 N–H and O–H groups in total. The van der Waals surface area contributed by atoms with E-state index in [-0.39, 0.29) is 17.6 Å². The summed E-state index contributed by atoms with van der Waals surface area (Å²) in [5.74, 6) is 1.55. The molecule has 0 amide bonds. The van der Waals surface area contributed by atoms with Crippen LogP contribution < -0.4 is 15.5 Å². The maximum Gasteiger partial charge on any atom is 0.183 e. The van der Waals surface area contributed by atoms with Gasteiger partial charge in [-0.3, -0.25) is 5.10 Å². The van der Waals surface area contributed by atoms with Gasteiger partial charge in [0.15, 0.2) is 17.0 Å². The van der Waals surface area contributed by atoms with E-state index in [1.165, 1.54) is 6.26 Å². The number of ether oxygens (including phenoxy) is 1. The number of anilines is 3. The monoisotopic (exact) mass is 496 g/mol. The van der Waals surface area contributed by atoms with E-state index in [1.807, 2.05) is 18.3 Å². The van der Waals surface area contributed by atoms with Crippen molar-refractivity contribution < 1.29 is 8.95 Å². The summed E-state index contributed by atoms with van der Waals surface area (Å²) in [6, 6.07) is 5.76. The molecule has 1 aromatic carbocycles. The lowest BCUT2D eigenvalue weighted by Crippen LogP contribution is -2.50. The molecule has 186 valence electrons. The number of fused-ring (bicyclic) bond motifs is 2. The highest BCUT2D eigenvalue weighted by Gasteiger charge is 2.47. The van der Waals surface area contributed by atoms with Crippen LogP contribution >= 0.6 is 0 Å². The summed E-state index contributed by atoms with van der Waals surface area (Å²) in [5.41, 5.74) is 9.81. The maximum atomic E-state index is 12.6. The van der Waals surface area contributed by atoms with E-state index < -0.39 is 9.73 Å². The molecule has 1 spiro atoms. The minimum Gasteiger partial charge on any atom is -0.376 e. The third-order valence-electron chi connectivity index (χ3n) is 8.05. The van der Waals surface area contributed by atoms with Gasteiger partial charge >= 0.3 is 0 Å². The van der Waals surface area contributed by atoms with Crippen molar-refractivity contribution in [2.75, 3.05) is 42.3 Å². The molecule has 0 aliphatic carbocycles. The quantitative estimate of drug-likeness (QED) is 0.503. The molecular weight excluding hydrogens is 464 g/mol. The lowest BCUT2D eigenvalue weighted by molar-refractivity contribution is 0.0974. The van der Waals surface area contributed by atoms with Crippen molar-refractivity contribution in [3.63, 3.8) is 0 Å². The van der Waals surface area contributed by atoms with Gasteiger partial charge in [-0.1, -0.05) is 6.07 Å². The number of aromatic nitrogens is 4. The predicted molar refractivity (Wildman–Crippen MR) is 136 cm³/mol. The molecule has 35 heavy (non-hydrogen) atoms. The zero-order valence-corrected chi connectivity index (χ0v) is 21.0. The van der Waals surface area contributed by atoms with Crippen molar-refractivity contribution in [2.24, 2.45) is 11.1 Å². The Morgan fingerprint density at radius 2 is 2.09 bits per heavy atom. The fraction of sp³-hybridized carbons (Fsp3) is 0.542. The van der Waals surface area contributed by atoms with Crippen LogP contribution in [0.15, 0.2) is 29.3 Å². The first kappa shape index (κ1) is 22.7. The van der Waals surface area contributed by atoms with Crippen molar-refractivity contribution in [3.05, 3.63) is 30.0 Å². The number of rotatable bonds is 3. The van der Waals surface area contributed by atoms with Gasteiger partial charge in [0.1, 0.15) is 5.82 Å². The summed E-state index contributed by atoms with van der Waals surface area (Å²) in [6.45, 7) is 5.32. The lowest BCUT2D eigenvalue weighted by Gasteiger charge is -2.41. The normalized spacial score (nSPS) is 25.7. The van der Waals surface area contributed by atoms with E-state index in [0.29, 0.717) is 21.9 Å². The Kier molecular flexibility index (Phi) is 5.28. The van der Waals surface area contributed by atoms with Crippen LogP contribution in [0.5, 0.6) is 0 Å². The van der Waals surface area contributed by atoms with Crippen LogP contribution in [-0.2, 0) is 20.9 Å². The number of nitrogens with two attached hydrogens (primary N) is 1. The van der Waals surface area contributed by atoms with E-state index >= 15 is 0 Å². The average molecular weight is 497 g/mol. The van der Waals surface area contributed by atoms with Crippen LogP contribution in [0, 0.1) is 10.2 Å². The highest BCUT2D eigenvalue weighted by atomic mass is 32.2. The van der Waals surface area contributed by atoms with Gasteiger partial charge in [-0.25, -0.2) is 19.0 Å². The van der Waals surface area contributed by atoms with E-state index in [9.17, 15) is 4.21 Å². The minimum atomic E-state index is -2.82. The van der Waals surface area contributed by atoms with Crippen molar-refractivity contribution in [1.29, 1.82) is 4.78 Å². The SMILES string of the molecule is C[C@@H]1OCC2(CCN(c3cnc4c(N5CCCc6c5cccc6[S@](C)(=N)=O)n[nH]c4n3)CC2)[C@@H]1N. The van der Waals surface area contributed by atoms with Gasteiger partial charge in [0, 0.05) is 43.0 Å². The number of H-pyrrole nitrogens is 1. The number of nitrogens with one attached hydrogen (secondary N) is 2. The molecular formula is C24H32N8O2S. The van der Waals surface area contributed by atoms with Crippen LogP contribution in [-0.4, -0.2) is 69.0 Å². The first-order valence-corrected chi connectivity index (χ1v) is 14.2. The van der Waals surface area contributed by atoms with Crippen LogP contribution in [0.1, 0.15) is 31.7 Å². The number of nitrogens with zero attached hydrogens (tertiary/aromatic N) is 5. The highest BCUT2D eigenvalue weighted by molar-refractivity contribution is 7.91. The van der Waals surface area contributed by atoms with E-state index in [0.717, 1.165) is 69.0 Å². The Morgan fingerprint density at radius 3 is 2.80 bits per heavy atom. The maximum absolute atomic E-state index is 12.6. The van der Waals surface area contributed by atoms with Crippen molar-refractivity contribution in [2.45, 2.75) is 49.6 Å². The average Bonchev–Trinajstić information content (AvgIpc) is 3.40. The molecule has 3 aromatic rings. The van der Waals surface area contributed by atoms with Gasteiger partial charge in [-0.15, -0.1) is 0 Å². The van der Waals surface area contributed by atoms with Crippen LogP contribution in [0.2, 0.25) is 0 Å². The summed E-state index contributed by atoms with van der Waals surface area (Å²) < 4.78 is 26.5. The summed E-state index contributed by atoms with van der Waals surface area (Å²) in [4.78, 5) is 14.6. The smallest absolute Gasteiger partial charge is 0.183 e. The van der Waals surface area contributed by atoms with Crippen LogP contribution in [0.4, 0.5) is 17.3 Å². The molecule has 6 rings (SSSR count). The zero-order chi connectivity index (χ0) is 24.4. The molecule has 2 aromatic heterocycles. The molecule has 2 saturated heterocycles. The number of benzene rings is 1. The molecule has 3 aliphatic rings. The molecule has 3 atom stereocenters. The summed E-state index contributed by atoms with van der Waals surface area (Å²) in [5, 5.41) is 7.65. The van der Waals surface area contributed by atoms with Gasteiger partial charge in [-0.2, -0.15) is 5.10 Å². The standard InChI is InChI=1S/C24H32N8O2S/c1-15-21(25)24(14-34-15)8-11-31(12-9-24)19-13-27-20-22(28-19)29-30-23(20)32-10-4-5-16-17(32)6-3-7-18(16)35(2,26)33/h3,6-7,13,15,21,26H,4-5,8-12,14,25H2,1-2H3,(H,28,29,30)/t15-,21+,35+/m0/s1. The summed E-state index contributed by atoms with van der Waals surface area (Å²) in [6.07, 6.45) is 7.08. The van der Waals surface area contributed by atoms with E-state index in [4.69, 9.17) is 25.2 Å². The largest absolute Gasteiger partial charge is 0.376 e. The lowest BCUT2D eigenvalue weighted by atomic mass is 9.73. The van der Waals surface area contributed by atoms with Crippen LogP contribution in [0.3, 0.4) is 0 Å². The summed E-state index contributed by atoms with van der Waals surface area (Å²) >= 11 is 0. The van der Waals surface area contributed by atoms with Gasteiger partial charge in [-0.05, 0) is 50.3 Å². The second-order valence-corrected chi connectivity index (χ2v) is 12.3. The second-order valence-electron chi connectivity index (χ2n) is 10.2. The Bertz CT molecular complexity index is 1380. The molecule has 0 unspecified atom stereocenters. The Morgan fingerprint density at radius 1 is 1.29 bits per heavy atom. The molecule has 0 radical (unpaired) electrons. The topological polar surface area (TPSA) is 137 Å². The van der Waals surface area contributed by atoms with Crippen molar-refractivity contribution in [1.82, 2.24) is 20.2 Å². The van der Waals surface area contributed by atoms with Gasteiger partial charge in [0.25, 0.3) is 0 Å². The first-order chi connectivity index (χ1) is 16.8. The molecule has 10 nitrogen and oxygen atoms in total. The van der Waals surface area contributed by atoms with Crippen molar-refractivity contribution in [3.8, 4) is 0 Å². The minimum absolute atomic E-state index is 0.0655. The van der Waals surface area contributed by atoms with Gasteiger partial charge in [0.2, 0.25) is 0 Å². The first-order valence-electron chi connectivity index (χ1n) is 12.2. The molecule has 11 heteroatoms. The highest BCUT2D eigenvalue weighted by Crippen LogP contribution is 2.42. The fourth-order valence-corrected chi connectivity index (χ4v) is 6.97. The molecule has 0 saturated carbocycles. The molecule has 0 bridgehead atoms. The van der Waals surface area contributed by atoms with Crippen molar-refractivity contribution >= 4 is 38.2 Å². The van der Waals surface area contributed by atoms with Crippen LogP contribution in [0.25, 0.3) is 11.2 Å². The summed E-state index contributed by atoms with van der Waals surface area (Å²) in [7, 11) is -2.82. The third-order valence-corrected chi connectivity index (χ3v) is 9.27. The molecule has 2 fully saturated rings.